The smallest absolute Gasteiger partial charge is 0.306 e. The molecule has 1 aliphatic rings. The third-order valence-electron chi connectivity index (χ3n) is 10.3. The average Bonchev–Trinajstić information content (AvgIpc) is 3.62. The van der Waals surface area contributed by atoms with Crippen LogP contribution in [0.4, 0.5) is 0 Å². The van der Waals surface area contributed by atoms with E-state index in [1.807, 2.05) is 0 Å². The van der Waals surface area contributed by atoms with Gasteiger partial charge in [-0.05, 0) is 6.92 Å². The molecule has 1 heterocycles. The minimum absolute atomic E-state index is 0.00329. The van der Waals surface area contributed by atoms with E-state index in [-0.39, 0.29) is 96.8 Å². The Kier molecular flexibility index (Phi) is 39.1. The number of Topliss-reactive ketones (excluding diaryl/α,β-unsaturated/α-hetero) is 1. The topological polar surface area (TPSA) is 375 Å². The van der Waals surface area contributed by atoms with Crippen molar-refractivity contribution in [3.63, 3.8) is 0 Å². The van der Waals surface area contributed by atoms with Crippen LogP contribution in [-0.2, 0) is 66.5 Å². The van der Waals surface area contributed by atoms with Gasteiger partial charge in [0.15, 0.2) is 23.1 Å². The predicted octanol–water partition coefficient (Wildman–Crippen LogP) is -2.85. The molecule has 0 radical (unpaired) electrons. The average molecular weight is 986 g/mol. The lowest BCUT2D eigenvalue weighted by Crippen LogP contribution is -2.44. The summed E-state index contributed by atoms with van der Waals surface area (Å²) in [4.78, 5) is 44.5. The fourth-order valence-corrected chi connectivity index (χ4v) is 5.50. The first-order valence-corrected chi connectivity index (χ1v) is 21.8. The molecule has 0 saturated carbocycles. The van der Waals surface area contributed by atoms with Gasteiger partial charge >= 0.3 is 11.9 Å². The second kappa shape index (κ2) is 38.2. The van der Waals surface area contributed by atoms with Crippen molar-refractivity contribution in [3.05, 3.63) is 0 Å². The third kappa shape index (κ3) is 25.7. The monoisotopic (exact) mass is 986 g/mol. The van der Waals surface area contributed by atoms with E-state index in [4.69, 9.17) is 67.8 Å². The number of carbonyl (C=O) groups excluding carboxylic acids is 4. The summed E-state index contributed by atoms with van der Waals surface area (Å²) in [5, 5.41) is 93.8. The van der Waals surface area contributed by atoms with Crippen molar-refractivity contribution in [2.24, 2.45) is 0 Å². The maximum atomic E-state index is 11.4. The van der Waals surface area contributed by atoms with E-state index in [0.29, 0.717) is 25.7 Å². The van der Waals surface area contributed by atoms with Gasteiger partial charge in [0.1, 0.15) is 55.6 Å². The number of methoxy groups -OCH3 is 4. The number of hydrogen-bond acceptors (Lipinski definition) is 24. The number of ketones is 1. The van der Waals surface area contributed by atoms with Gasteiger partial charge in [0.2, 0.25) is 5.91 Å². The number of amides is 1. The summed E-state index contributed by atoms with van der Waals surface area (Å²) in [6, 6.07) is 0. The molecule has 1 aliphatic heterocycles. The van der Waals surface area contributed by atoms with Crippen molar-refractivity contribution in [1.29, 1.82) is 0 Å². The number of esters is 2. The van der Waals surface area contributed by atoms with Gasteiger partial charge in [-0.1, -0.05) is 27.7 Å². The molecule has 9 atom stereocenters. The SMILES string of the molecule is CC[C@@](CO)(OC)OC(CO)CO.CC[C@@](CO)(OC)OC(CO)COC(=O)CCC(=O)NC.CC[C@@](CO)(OC)OC(CO)COC(=O)CCC(C)=O.CC[C@@]1(OC)O[C@H](CO)[C@H](O)[C@@H]1O. The zero-order valence-electron chi connectivity index (χ0n) is 40.9. The molecule has 1 amide bonds. The molecular formula is C42H83NO24. The lowest BCUT2D eigenvalue weighted by atomic mass is 10.0. The van der Waals surface area contributed by atoms with Crippen LogP contribution in [-0.4, -0.2) is 236 Å². The van der Waals surface area contributed by atoms with Crippen LogP contribution in [0, 0.1) is 0 Å². The van der Waals surface area contributed by atoms with Crippen molar-refractivity contribution < 1.29 is 118 Å². The van der Waals surface area contributed by atoms with Crippen LogP contribution in [0.5, 0.6) is 0 Å². The number of rotatable bonds is 32. The lowest BCUT2D eigenvalue weighted by molar-refractivity contribution is -0.274. The number of hydrogen-bond donors (Lipinski definition) is 11. The summed E-state index contributed by atoms with van der Waals surface area (Å²) in [5.41, 5.74) is 0. The first kappa shape index (κ1) is 68.6. The molecule has 0 aromatic heterocycles. The zero-order valence-corrected chi connectivity index (χ0v) is 40.9. The largest absolute Gasteiger partial charge is 0.463 e. The normalized spacial score (nSPS) is 21.3. The number of carbonyl (C=O) groups is 4. The molecule has 11 N–H and O–H groups in total. The maximum Gasteiger partial charge on any atom is 0.306 e. The van der Waals surface area contributed by atoms with E-state index in [1.165, 1.54) is 42.4 Å². The van der Waals surface area contributed by atoms with Crippen molar-refractivity contribution >= 4 is 23.6 Å². The van der Waals surface area contributed by atoms with Crippen LogP contribution >= 0.6 is 0 Å². The van der Waals surface area contributed by atoms with Crippen LogP contribution in [0.3, 0.4) is 0 Å². The molecule has 0 bridgehead atoms. The molecule has 0 aromatic carbocycles. The minimum atomic E-state index is -1.23. The van der Waals surface area contributed by atoms with E-state index < -0.39 is 78.3 Å². The van der Waals surface area contributed by atoms with Crippen LogP contribution in [0.2, 0.25) is 0 Å². The van der Waals surface area contributed by atoms with Gasteiger partial charge in [-0.2, -0.15) is 0 Å². The second-order valence-electron chi connectivity index (χ2n) is 14.7. The van der Waals surface area contributed by atoms with Crippen LogP contribution in [0.25, 0.3) is 0 Å². The quantitative estimate of drug-likeness (QED) is 0.0239. The van der Waals surface area contributed by atoms with Gasteiger partial charge in [0.05, 0.1) is 65.7 Å². The Bertz CT molecular complexity index is 1250. The van der Waals surface area contributed by atoms with Crippen LogP contribution in [0.15, 0.2) is 0 Å². The summed E-state index contributed by atoms with van der Waals surface area (Å²) in [6.07, 6.45) is -3.62. The highest BCUT2D eigenvalue weighted by molar-refractivity contribution is 5.81. The summed E-state index contributed by atoms with van der Waals surface area (Å²) < 4.78 is 51.4. The molecule has 2 unspecified atom stereocenters. The highest BCUT2D eigenvalue weighted by atomic mass is 16.7. The molecule has 0 spiro atoms. The van der Waals surface area contributed by atoms with E-state index >= 15 is 0 Å². The van der Waals surface area contributed by atoms with E-state index in [2.05, 4.69) is 5.32 Å². The summed E-state index contributed by atoms with van der Waals surface area (Å²) in [7, 11) is 7.05. The van der Waals surface area contributed by atoms with Gasteiger partial charge in [0.25, 0.3) is 0 Å². The first-order chi connectivity index (χ1) is 31.7. The highest BCUT2D eigenvalue weighted by Gasteiger charge is 2.53. The van der Waals surface area contributed by atoms with Gasteiger partial charge in [-0.3, -0.25) is 14.4 Å². The van der Waals surface area contributed by atoms with E-state index in [1.54, 1.807) is 27.7 Å². The Hall–Kier alpha value is -2.64. The molecule has 1 rings (SSSR count). The Morgan fingerprint density at radius 2 is 0.985 bits per heavy atom. The van der Waals surface area contributed by atoms with E-state index in [9.17, 15) is 49.8 Å². The Balaban J connectivity index is -0.000000833. The minimum Gasteiger partial charge on any atom is -0.463 e. The van der Waals surface area contributed by atoms with Crippen molar-refractivity contribution in [2.45, 2.75) is 146 Å². The van der Waals surface area contributed by atoms with Crippen molar-refractivity contribution in [2.75, 3.05) is 102 Å². The van der Waals surface area contributed by atoms with Gasteiger partial charge in [0, 0.05) is 74.0 Å². The Morgan fingerprint density at radius 3 is 1.22 bits per heavy atom. The lowest BCUT2D eigenvalue weighted by Gasteiger charge is -2.32. The third-order valence-corrected chi connectivity index (χ3v) is 10.3. The summed E-state index contributed by atoms with van der Waals surface area (Å²) in [5.74, 6) is -6.20. The second-order valence-corrected chi connectivity index (χ2v) is 14.7. The molecule has 0 aliphatic carbocycles. The predicted molar refractivity (Wildman–Crippen MR) is 233 cm³/mol. The van der Waals surface area contributed by atoms with Crippen molar-refractivity contribution in [3.8, 4) is 0 Å². The van der Waals surface area contributed by atoms with Crippen LogP contribution in [0.1, 0.15) is 86.0 Å². The van der Waals surface area contributed by atoms with Gasteiger partial charge < -0.3 is 109 Å². The first-order valence-electron chi connectivity index (χ1n) is 21.8. The Labute approximate surface area is 393 Å². The number of aliphatic hydroxyl groups is 10. The summed E-state index contributed by atoms with van der Waals surface area (Å²) in [6.45, 7) is 5.31. The number of nitrogens with one attached hydrogen (secondary N) is 1. The molecule has 400 valence electrons. The molecular weight excluding hydrogens is 902 g/mol. The fraction of sp³-hybridized carbons (Fsp3) is 0.905. The summed E-state index contributed by atoms with van der Waals surface area (Å²) >= 11 is 0. The standard InChI is InChI=1S/C13H25NO7.C13H24O7.C8H16O5.C8H18O5/c1-4-13(9-16,19-3)21-10(7-15)8-20-12(18)6-5-11(17)14-2;1-4-13(9-15,18-3)20-11(7-14)8-19-12(17)6-5-10(2)16;1-3-8(12-2)7(11)6(10)5(4-9)13-8;1-3-8(6-11,12-2)13-7(4-9)5-10/h10,15-16H,4-9H2,1-3H3,(H,14,17);11,14-15H,4-9H2,1-3H3;5-7,9-11H,3-4H2,1-2H3;7,9-11H,3-6H2,1-2H3/t10?,13-;11?,13-;5-,6+,7+,8-;8-/m1111/s1. The Morgan fingerprint density at radius 1 is 0.612 bits per heavy atom. The molecule has 0 aromatic rings. The fourth-order valence-electron chi connectivity index (χ4n) is 5.50. The van der Waals surface area contributed by atoms with Gasteiger partial charge in [-0.15, -0.1) is 0 Å². The molecule has 25 heteroatoms. The zero-order chi connectivity index (χ0) is 52.3. The maximum absolute atomic E-state index is 11.4. The molecule has 25 nitrogen and oxygen atoms in total. The highest BCUT2D eigenvalue weighted by Crippen LogP contribution is 2.34. The molecule has 67 heavy (non-hydrogen) atoms. The number of ether oxygens (including phenoxy) is 10. The van der Waals surface area contributed by atoms with Crippen molar-refractivity contribution in [1.82, 2.24) is 5.32 Å². The van der Waals surface area contributed by atoms with Gasteiger partial charge in [-0.25, -0.2) is 0 Å². The van der Waals surface area contributed by atoms with Crippen LogP contribution < -0.4 is 5.32 Å². The van der Waals surface area contributed by atoms with E-state index in [0.717, 1.165) is 0 Å². The number of aliphatic hydroxyl groups excluding tert-OH is 10. The molecule has 1 fully saturated rings. The molecule has 1 saturated heterocycles.